The van der Waals surface area contributed by atoms with Crippen LogP contribution in [-0.4, -0.2) is 59.2 Å². The zero-order chi connectivity index (χ0) is 28.1. The number of nitrogens with zero attached hydrogens (tertiary/aromatic N) is 4. The van der Waals surface area contributed by atoms with Crippen LogP contribution in [0.4, 0.5) is 20.6 Å². The van der Waals surface area contributed by atoms with Crippen LogP contribution < -0.4 is 14.5 Å². The fourth-order valence-electron chi connectivity index (χ4n) is 6.02. The van der Waals surface area contributed by atoms with Gasteiger partial charge in [0.2, 0.25) is 11.8 Å². The highest BCUT2D eigenvalue weighted by Gasteiger charge is 2.48. The number of aromatic nitrogens is 1. The molecule has 2 aromatic rings. The summed E-state index contributed by atoms with van der Waals surface area (Å²) in [5, 5.41) is 0. The smallest absolute Gasteiger partial charge is 0.410 e. The number of halogens is 1. The lowest BCUT2D eigenvalue weighted by molar-refractivity contribution is -0.117. The third-order valence-electron chi connectivity index (χ3n) is 7.90. The van der Waals surface area contributed by atoms with Gasteiger partial charge in [0.05, 0.1) is 11.9 Å². The summed E-state index contributed by atoms with van der Waals surface area (Å²) < 4.78 is 25.6. The molecule has 1 aromatic heterocycles. The minimum Gasteiger partial charge on any atom is -0.469 e. The van der Waals surface area contributed by atoms with E-state index in [0.29, 0.717) is 31.4 Å². The molecule has 2 aliphatic heterocycles. The lowest BCUT2D eigenvalue weighted by atomic mass is 9.81. The molecule has 0 radical (unpaired) electrons. The first-order chi connectivity index (χ1) is 18.4. The van der Waals surface area contributed by atoms with E-state index < -0.39 is 11.4 Å². The SMILES string of the molecule is CC(=O)N1c2ccc(N3CCN(C(=O)OC(C)(C)C)[C@@H](C)C3)cc2[C@H](Oc2ccc(F)cn2)[C@@H](C)[C@@H]1C1CC1. The van der Waals surface area contributed by atoms with Crippen molar-refractivity contribution in [3.8, 4) is 5.88 Å². The molecule has 1 aromatic carbocycles. The molecule has 1 aliphatic carbocycles. The van der Waals surface area contributed by atoms with E-state index in [1.165, 1.54) is 6.07 Å². The summed E-state index contributed by atoms with van der Waals surface area (Å²) in [4.78, 5) is 35.8. The van der Waals surface area contributed by atoms with Crippen molar-refractivity contribution < 1.29 is 23.5 Å². The molecule has 9 heteroatoms. The molecule has 0 bridgehead atoms. The van der Waals surface area contributed by atoms with Gasteiger partial charge in [-0.3, -0.25) is 4.79 Å². The van der Waals surface area contributed by atoms with Gasteiger partial charge in [-0.1, -0.05) is 6.92 Å². The maximum atomic E-state index is 13.5. The topological polar surface area (TPSA) is 75.2 Å². The maximum absolute atomic E-state index is 13.5. The van der Waals surface area contributed by atoms with Gasteiger partial charge in [-0.15, -0.1) is 0 Å². The third-order valence-corrected chi connectivity index (χ3v) is 7.90. The summed E-state index contributed by atoms with van der Waals surface area (Å²) in [6.45, 7) is 13.3. The molecule has 2 fully saturated rings. The quantitative estimate of drug-likeness (QED) is 0.507. The Kier molecular flexibility index (Phi) is 7.20. The molecule has 210 valence electrons. The van der Waals surface area contributed by atoms with Crippen molar-refractivity contribution in [3.63, 3.8) is 0 Å². The Balaban J connectivity index is 1.45. The van der Waals surface area contributed by atoms with Crippen LogP contribution in [0.5, 0.6) is 5.88 Å². The summed E-state index contributed by atoms with van der Waals surface area (Å²) in [6, 6.07) is 9.07. The van der Waals surface area contributed by atoms with E-state index in [2.05, 4.69) is 28.9 Å². The third kappa shape index (κ3) is 5.68. The molecule has 39 heavy (non-hydrogen) atoms. The van der Waals surface area contributed by atoms with Crippen molar-refractivity contribution in [3.05, 3.63) is 47.9 Å². The molecule has 3 aliphatic rings. The van der Waals surface area contributed by atoms with Crippen molar-refractivity contribution in [2.45, 2.75) is 78.2 Å². The minimum absolute atomic E-state index is 0.0129. The molecule has 0 spiro atoms. The van der Waals surface area contributed by atoms with Crippen LogP contribution in [-0.2, 0) is 9.53 Å². The zero-order valence-electron chi connectivity index (χ0n) is 23.7. The molecular formula is C30H39FN4O4. The van der Waals surface area contributed by atoms with E-state index in [-0.39, 0.29) is 36.1 Å². The predicted octanol–water partition coefficient (Wildman–Crippen LogP) is 5.57. The Hall–Kier alpha value is -3.36. The first-order valence-electron chi connectivity index (χ1n) is 13.9. The molecule has 1 saturated heterocycles. The number of benzene rings is 1. The molecule has 3 heterocycles. The van der Waals surface area contributed by atoms with Crippen molar-refractivity contribution in [1.82, 2.24) is 9.88 Å². The van der Waals surface area contributed by atoms with Gasteiger partial charge in [-0.2, -0.15) is 0 Å². The maximum Gasteiger partial charge on any atom is 0.410 e. The second-order valence-electron chi connectivity index (χ2n) is 12.1. The van der Waals surface area contributed by atoms with E-state index in [1.54, 1.807) is 17.9 Å². The number of carbonyl (C=O) groups is 2. The van der Waals surface area contributed by atoms with Gasteiger partial charge >= 0.3 is 6.09 Å². The molecular weight excluding hydrogens is 499 g/mol. The summed E-state index contributed by atoms with van der Waals surface area (Å²) >= 11 is 0. The fourth-order valence-corrected chi connectivity index (χ4v) is 6.02. The Morgan fingerprint density at radius 3 is 2.41 bits per heavy atom. The fraction of sp³-hybridized carbons (Fsp3) is 0.567. The van der Waals surface area contributed by atoms with E-state index >= 15 is 0 Å². The van der Waals surface area contributed by atoms with Gasteiger partial charge in [0.1, 0.15) is 17.5 Å². The largest absolute Gasteiger partial charge is 0.469 e. The standard InChI is InChI=1S/C30H39FN4O4/c1-18-17-33(13-14-34(18)29(37)39-30(4,5)6)23-10-11-25-24(15-23)28(38-26-12-9-22(31)16-32-26)19(2)27(21-7-8-21)35(25)20(3)36/h9-12,15-16,18-19,21,27-28H,7-8,13-14,17H2,1-6H3/t18-,19-,27+,28+/m0/s1. The average Bonchev–Trinajstić information content (AvgIpc) is 3.70. The van der Waals surface area contributed by atoms with Crippen molar-refractivity contribution >= 4 is 23.4 Å². The normalized spacial score (nSPS) is 25.3. The van der Waals surface area contributed by atoms with E-state index in [4.69, 9.17) is 9.47 Å². The number of rotatable bonds is 4. The lowest BCUT2D eigenvalue weighted by Gasteiger charge is -2.46. The summed E-state index contributed by atoms with van der Waals surface area (Å²) in [6.07, 6.45) is 2.70. The first kappa shape index (κ1) is 27.2. The highest BCUT2D eigenvalue weighted by Crippen LogP contribution is 2.51. The monoisotopic (exact) mass is 538 g/mol. The molecule has 1 saturated carbocycles. The van der Waals surface area contributed by atoms with Crippen molar-refractivity contribution in [1.29, 1.82) is 0 Å². The number of amides is 2. The van der Waals surface area contributed by atoms with E-state index in [1.807, 2.05) is 38.7 Å². The Morgan fingerprint density at radius 2 is 1.82 bits per heavy atom. The zero-order valence-corrected chi connectivity index (χ0v) is 23.7. The van der Waals surface area contributed by atoms with Crippen LogP contribution in [0.25, 0.3) is 0 Å². The summed E-state index contributed by atoms with van der Waals surface area (Å²) in [5.41, 5.74) is 2.23. The molecule has 0 N–H and O–H groups in total. The predicted molar refractivity (Wildman–Crippen MR) is 147 cm³/mol. The number of piperazine rings is 1. The molecule has 8 nitrogen and oxygen atoms in total. The van der Waals surface area contributed by atoms with E-state index in [0.717, 1.165) is 36.0 Å². The van der Waals surface area contributed by atoms with E-state index in [9.17, 15) is 14.0 Å². The van der Waals surface area contributed by atoms with Gasteiger partial charge in [0.15, 0.2) is 0 Å². The van der Waals surface area contributed by atoms with Gasteiger partial charge in [0, 0.05) is 61.9 Å². The number of pyridine rings is 1. The summed E-state index contributed by atoms with van der Waals surface area (Å²) in [5.74, 6) is 0.408. The van der Waals surface area contributed by atoms with Gasteiger partial charge < -0.3 is 24.2 Å². The van der Waals surface area contributed by atoms with Crippen LogP contribution in [0.15, 0.2) is 36.5 Å². The number of fused-ring (bicyclic) bond motifs is 1. The highest BCUT2D eigenvalue weighted by molar-refractivity contribution is 5.94. The van der Waals surface area contributed by atoms with Crippen LogP contribution in [0.3, 0.4) is 0 Å². The number of hydrogen-bond donors (Lipinski definition) is 0. The van der Waals surface area contributed by atoms with Crippen LogP contribution in [0.2, 0.25) is 0 Å². The van der Waals surface area contributed by atoms with Crippen LogP contribution in [0.1, 0.15) is 66.1 Å². The second kappa shape index (κ2) is 10.3. The lowest BCUT2D eigenvalue weighted by Crippen LogP contribution is -2.55. The first-order valence-corrected chi connectivity index (χ1v) is 13.9. The van der Waals surface area contributed by atoms with Gasteiger partial charge in [-0.25, -0.2) is 14.2 Å². The number of carbonyl (C=O) groups excluding carboxylic acids is 2. The number of ether oxygens (including phenoxy) is 2. The average molecular weight is 539 g/mol. The minimum atomic E-state index is -0.543. The molecule has 5 rings (SSSR count). The Bertz CT molecular complexity index is 1230. The molecule has 2 amide bonds. The highest BCUT2D eigenvalue weighted by atomic mass is 19.1. The van der Waals surface area contributed by atoms with Gasteiger partial charge in [-0.05, 0) is 70.7 Å². The van der Waals surface area contributed by atoms with Gasteiger partial charge in [0.25, 0.3) is 0 Å². The number of anilines is 2. The Morgan fingerprint density at radius 1 is 1.08 bits per heavy atom. The summed E-state index contributed by atoms with van der Waals surface area (Å²) in [7, 11) is 0. The molecule has 0 unspecified atom stereocenters. The van der Waals surface area contributed by atoms with Crippen LogP contribution >= 0.6 is 0 Å². The van der Waals surface area contributed by atoms with Crippen molar-refractivity contribution in [2.24, 2.45) is 11.8 Å². The second-order valence-corrected chi connectivity index (χ2v) is 12.1. The van der Waals surface area contributed by atoms with Crippen molar-refractivity contribution in [2.75, 3.05) is 29.4 Å². The Labute approximate surface area is 230 Å². The number of hydrogen-bond acceptors (Lipinski definition) is 6. The molecule has 4 atom stereocenters. The van der Waals surface area contributed by atoms with Crippen LogP contribution in [0, 0.1) is 17.7 Å².